The maximum Gasteiger partial charge on any atom is 0.352 e. The Kier molecular flexibility index (Phi) is 5.73. The number of benzene rings is 1. The van der Waals surface area contributed by atoms with E-state index in [0.29, 0.717) is 16.9 Å². The van der Waals surface area contributed by atoms with Crippen LogP contribution < -0.4 is 10.6 Å². The number of hydrogen-bond acceptors (Lipinski definition) is 6. The number of carboxylic acid groups (broad SMARTS) is 1. The van der Waals surface area contributed by atoms with Gasteiger partial charge in [0.2, 0.25) is 5.91 Å². The van der Waals surface area contributed by atoms with Crippen LogP contribution in [0.15, 0.2) is 41.6 Å². The molecule has 2 aliphatic heterocycles. The Morgan fingerprint density at radius 2 is 2.11 bits per heavy atom. The lowest BCUT2D eigenvalue weighted by atomic mass is 9.97. The second-order valence-electron chi connectivity index (χ2n) is 6.33. The number of ether oxygens (including phenoxy) is 1. The van der Waals surface area contributed by atoms with E-state index >= 15 is 0 Å². The largest absolute Gasteiger partial charge is 0.477 e. The van der Waals surface area contributed by atoms with Crippen LogP contribution in [0.5, 0.6) is 0 Å². The van der Waals surface area contributed by atoms with Gasteiger partial charge in [-0.3, -0.25) is 14.5 Å². The monoisotopic (exact) mass is 421 g/mol. The predicted octanol–water partition coefficient (Wildman–Crippen LogP) is 1.01. The number of methoxy groups -OCH3 is 1. The first kappa shape index (κ1) is 20.3. The topological polar surface area (TPSA) is 108 Å². The molecule has 0 saturated carbocycles. The van der Waals surface area contributed by atoms with E-state index in [9.17, 15) is 19.5 Å². The van der Waals surface area contributed by atoms with Gasteiger partial charge in [0, 0.05) is 12.9 Å². The van der Waals surface area contributed by atoms with Crippen molar-refractivity contribution in [2.45, 2.75) is 24.1 Å². The van der Waals surface area contributed by atoms with Crippen LogP contribution in [-0.4, -0.2) is 57.2 Å². The summed E-state index contributed by atoms with van der Waals surface area (Å²) in [6, 6.07) is 8.08. The van der Waals surface area contributed by atoms with Crippen molar-refractivity contribution in [2.24, 2.45) is 0 Å². The average Bonchev–Trinajstić information content (AvgIpc) is 2.69. The number of thiocarbonyl (C=S) groups is 1. The number of thioether (sulfide) groups is 1. The van der Waals surface area contributed by atoms with Gasteiger partial charge in [0.15, 0.2) is 0 Å². The highest BCUT2D eigenvalue weighted by Crippen LogP contribution is 2.46. The molecule has 3 N–H and O–H groups in total. The summed E-state index contributed by atoms with van der Waals surface area (Å²) in [4.78, 5) is 38.6. The van der Waals surface area contributed by atoms with Gasteiger partial charge in [-0.2, -0.15) is 0 Å². The van der Waals surface area contributed by atoms with Gasteiger partial charge in [0.1, 0.15) is 17.1 Å². The molecule has 0 aromatic heterocycles. The molecule has 3 atom stereocenters. The summed E-state index contributed by atoms with van der Waals surface area (Å²) in [5, 5.41) is 14.3. The number of hydrogen-bond donors (Lipinski definition) is 3. The Bertz CT molecular complexity index is 860. The molecule has 8 nitrogen and oxygen atoms in total. The normalized spacial score (nSPS) is 24.7. The van der Waals surface area contributed by atoms with Crippen LogP contribution in [0.3, 0.4) is 0 Å². The zero-order valence-electron chi connectivity index (χ0n) is 15.2. The van der Waals surface area contributed by atoms with E-state index in [4.69, 9.17) is 17.0 Å². The molecule has 0 bridgehead atoms. The fraction of sp³-hybridized carbons (Fsp3) is 0.333. The van der Waals surface area contributed by atoms with E-state index in [2.05, 4.69) is 10.6 Å². The van der Waals surface area contributed by atoms with E-state index < -0.39 is 34.9 Å². The number of rotatable bonds is 7. The number of carbonyl (C=O) groups is 3. The van der Waals surface area contributed by atoms with E-state index in [0.717, 1.165) is 0 Å². The molecule has 0 spiro atoms. The lowest BCUT2D eigenvalue weighted by Crippen LogP contribution is -2.81. The molecule has 2 amide bonds. The number of carbonyl (C=O) groups excluding carboxylic acids is 2. The van der Waals surface area contributed by atoms with Crippen molar-refractivity contribution in [2.75, 3.05) is 12.9 Å². The first-order chi connectivity index (χ1) is 13.4. The molecule has 0 aliphatic carbocycles. The van der Waals surface area contributed by atoms with Crippen LogP contribution in [0.2, 0.25) is 0 Å². The number of amides is 2. The SMILES string of the molecule is CO[C@@]1(NC(=O)C(NC=S)c2ccccc2)C(=O)N2C(C(=O)O)=C(C)CSC21. The Labute approximate surface area is 171 Å². The molecule has 10 heteroatoms. The molecular weight excluding hydrogens is 402 g/mol. The van der Waals surface area contributed by atoms with E-state index in [1.54, 1.807) is 31.2 Å². The molecule has 1 fully saturated rings. The molecule has 1 aromatic carbocycles. The van der Waals surface area contributed by atoms with E-state index in [1.165, 1.54) is 29.3 Å². The second-order valence-corrected chi connectivity index (χ2v) is 7.63. The lowest BCUT2D eigenvalue weighted by Gasteiger charge is -2.55. The van der Waals surface area contributed by atoms with Gasteiger partial charge in [0.05, 0.1) is 5.49 Å². The van der Waals surface area contributed by atoms with Gasteiger partial charge in [-0.05, 0) is 18.1 Å². The highest BCUT2D eigenvalue weighted by Gasteiger charge is 2.66. The zero-order chi connectivity index (χ0) is 20.5. The highest BCUT2D eigenvalue weighted by atomic mass is 32.2. The Morgan fingerprint density at radius 1 is 1.43 bits per heavy atom. The molecule has 148 valence electrons. The van der Waals surface area contributed by atoms with Crippen molar-refractivity contribution >= 4 is 47.3 Å². The minimum absolute atomic E-state index is 0.0627. The van der Waals surface area contributed by atoms with Crippen LogP contribution in [-0.2, 0) is 19.1 Å². The fourth-order valence-electron chi connectivity index (χ4n) is 3.33. The first-order valence-electron chi connectivity index (χ1n) is 8.37. The van der Waals surface area contributed by atoms with Gasteiger partial charge in [-0.15, -0.1) is 11.8 Å². The zero-order valence-corrected chi connectivity index (χ0v) is 16.8. The van der Waals surface area contributed by atoms with Crippen LogP contribution in [0.4, 0.5) is 0 Å². The molecule has 2 unspecified atom stereocenters. The van der Waals surface area contributed by atoms with Gasteiger partial charge in [0.25, 0.3) is 11.6 Å². The van der Waals surface area contributed by atoms with Crippen molar-refractivity contribution in [3.63, 3.8) is 0 Å². The number of nitrogens with zero attached hydrogens (tertiary/aromatic N) is 1. The maximum atomic E-state index is 13.0. The van der Waals surface area contributed by atoms with Crippen LogP contribution in [0, 0.1) is 0 Å². The van der Waals surface area contributed by atoms with Crippen LogP contribution in [0.1, 0.15) is 18.5 Å². The van der Waals surface area contributed by atoms with Gasteiger partial charge in [-0.25, -0.2) is 4.79 Å². The fourth-order valence-corrected chi connectivity index (χ4v) is 4.85. The van der Waals surface area contributed by atoms with E-state index in [1.807, 2.05) is 6.07 Å². The number of carboxylic acids is 1. The van der Waals surface area contributed by atoms with Crippen molar-refractivity contribution in [3.05, 3.63) is 47.2 Å². The van der Waals surface area contributed by atoms with Gasteiger partial charge >= 0.3 is 5.97 Å². The predicted molar refractivity (Wildman–Crippen MR) is 107 cm³/mol. The molecule has 2 aliphatic rings. The molecule has 3 rings (SSSR count). The minimum Gasteiger partial charge on any atom is -0.477 e. The Balaban J connectivity index is 1.88. The first-order valence-corrected chi connectivity index (χ1v) is 9.89. The van der Waals surface area contributed by atoms with Crippen molar-refractivity contribution < 1.29 is 24.2 Å². The Hall–Kier alpha value is -2.43. The lowest BCUT2D eigenvalue weighted by molar-refractivity contribution is -0.192. The summed E-state index contributed by atoms with van der Waals surface area (Å²) in [5.74, 6) is -1.90. The molecule has 0 radical (unpaired) electrons. The van der Waals surface area contributed by atoms with Crippen LogP contribution in [0.25, 0.3) is 0 Å². The number of aliphatic carboxylic acids is 1. The van der Waals surface area contributed by atoms with Gasteiger partial charge in [-0.1, -0.05) is 42.5 Å². The summed E-state index contributed by atoms with van der Waals surface area (Å²) in [7, 11) is 1.31. The number of β-lactam (4-membered cyclic amide) rings is 1. The highest BCUT2D eigenvalue weighted by molar-refractivity contribution is 8.00. The molecule has 2 heterocycles. The summed E-state index contributed by atoms with van der Waals surface area (Å²) >= 11 is 6.17. The quantitative estimate of drug-likeness (QED) is 0.340. The standard InChI is InChI=1S/C18H19N3O5S2/c1-10-8-28-17-18(26-2,16(25)21(17)13(10)15(23)24)20-14(22)12(19-9-27)11-6-4-3-5-7-11/h3-7,9,12,17H,8H2,1-2H3,(H,19,27)(H,20,22)(H,23,24)/t12?,17?,18-/m0/s1. The third kappa shape index (κ3) is 3.17. The third-order valence-corrected chi connectivity index (χ3v) is 6.28. The average molecular weight is 422 g/mol. The third-order valence-electron chi connectivity index (χ3n) is 4.68. The van der Waals surface area contributed by atoms with Crippen LogP contribution >= 0.6 is 24.0 Å². The number of fused-ring (bicyclic) bond motifs is 1. The second kappa shape index (κ2) is 7.90. The Morgan fingerprint density at radius 3 is 2.68 bits per heavy atom. The van der Waals surface area contributed by atoms with Crippen molar-refractivity contribution in [3.8, 4) is 0 Å². The minimum atomic E-state index is -1.64. The van der Waals surface area contributed by atoms with Crippen molar-refractivity contribution in [1.29, 1.82) is 0 Å². The van der Waals surface area contributed by atoms with Gasteiger partial charge < -0.3 is 20.5 Å². The summed E-state index contributed by atoms with van der Waals surface area (Å²) in [6.07, 6.45) is 0. The molecule has 28 heavy (non-hydrogen) atoms. The molecule has 1 aromatic rings. The van der Waals surface area contributed by atoms with Crippen molar-refractivity contribution in [1.82, 2.24) is 15.5 Å². The number of nitrogens with one attached hydrogen (secondary N) is 2. The smallest absolute Gasteiger partial charge is 0.352 e. The molecular formula is C18H19N3O5S2. The summed E-state index contributed by atoms with van der Waals surface area (Å²) in [6.45, 7) is 1.67. The molecule has 1 saturated heterocycles. The summed E-state index contributed by atoms with van der Waals surface area (Å²) in [5.41, 5.74) is 0.777. The van der Waals surface area contributed by atoms with E-state index in [-0.39, 0.29) is 5.70 Å². The maximum absolute atomic E-state index is 13.0. The summed E-state index contributed by atoms with van der Waals surface area (Å²) < 4.78 is 5.43.